The summed E-state index contributed by atoms with van der Waals surface area (Å²) in [7, 11) is -2.93. The third kappa shape index (κ3) is 4.86. The number of aromatic nitrogens is 1. The van der Waals surface area contributed by atoms with Gasteiger partial charge in [-0.2, -0.15) is 0 Å². The van der Waals surface area contributed by atoms with Gasteiger partial charge in [0.05, 0.1) is 5.75 Å². The molecule has 0 radical (unpaired) electrons. The molecule has 0 saturated carbocycles. The van der Waals surface area contributed by atoms with Crippen molar-refractivity contribution in [3.63, 3.8) is 0 Å². The van der Waals surface area contributed by atoms with Crippen LogP contribution in [0, 0.1) is 0 Å². The summed E-state index contributed by atoms with van der Waals surface area (Å²) in [6.07, 6.45) is 3.23. The van der Waals surface area contributed by atoms with E-state index in [1.165, 1.54) is 11.8 Å². The molecule has 1 heterocycles. The fourth-order valence-corrected chi connectivity index (χ4v) is 2.71. The van der Waals surface area contributed by atoms with Gasteiger partial charge in [0, 0.05) is 36.6 Å². The van der Waals surface area contributed by atoms with Gasteiger partial charge in [0.15, 0.2) is 0 Å². The van der Waals surface area contributed by atoms with Crippen LogP contribution in [-0.2, 0) is 22.9 Å². The molecule has 0 fully saturated rings. The van der Waals surface area contributed by atoms with Gasteiger partial charge in [-0.1, -0.05) is 6.07 Å². The predicted octanol–water partition coefficient (Wildman–Crippen LogP) is 2.57. The van der Waals surface area contributed by atoms with E-state index in [9.17, 15) is 8.42 Å². The lowest BCUT2D eigenvalue weighted by atomic mass is 10.1. The van der Waals surface area contributed by atoms with E-state index < -0.39 is 9.84 Å². The quantitative estimate of drug-likeness (QED) is 0.923. The molecule has 0 unspecified atom stereocenters. The maximum Gasteiger partial charge on any atom is 0.149 e. The molecule has 0 bridgehead atoms. The Morgan fingerprint density at radius 1 is 1.19 bits per heavy atom. The molecule has 1 N–H and O–H groups in total. The number of fused-ring (bicyclic) bond motifs is 1. The fraction of sp³-hybridized carbons (Fsp3) is 0.500. The molecule has 0 saturated heterocycles. The Bertz CT molecular complexity index is 724. The van der Waals surface area contributed by atoms with Crippen molar-refractivity contribution in [1.82, 2.24) is 9.88 Å². The maximum absolute atomic E-state index is 11.3. The number of sulfone groups is 1. The molecule has 0 spiro atoms. The first-order valence-electron chi connectivity index (χ1n) is 7.15. The first-order chi connectivity index (χ1) is 9.64. The number of hydrogen-bond acceptors (Lipinski definition) is 3. The first-order valence-corrected chi connectivity index (χ1v) is 9.21. The van der Waals surface area contributed by atoms with Gasteiger partial charge in [0.1, 0.15) is 9.84 Å². The van der Waals surface area contributed by atoms with Gasteiger partial charge in [0.2, 0.25) is 0 Å². The summed E-state index contributed by atoms with van der Waals surface area (Å²) in [6.45, 7) is 7.77. The monoisotopic (exact) mass is 308 g/mol. The molecule has 2 aromatic rings. The van der Waals surface area contributed by atoms with Crippen LogP contribution in [0.2, 0.25) is 0 Å². The third-order valence-corrected chi connectivity index (χ3v) is 4.29. The minimum absolute atomic E-state index is 0.0936. The summed E-state index contributed by atoms with van der Waals surface area (Å²) in [5.41, 5.74) is 2.41. The van der Waals surface area contributed by atoms with Gasteiger partial charge in [-0.15, -0.1) is 0 Å². The maximum atomic E-state index is 11.3. The van der Waals surface area contributed by atoms with Crippen LogP contribution in [0.25, 0.3) is 10.9 Å². The highest BCUT2D eigenvalue weighted by Crippen LogP contribution is 2.18. The lowest BCUT2D eigenvalue weighted by Crippen LogP contribution is -2.35. The van der Waals surface area contributed by atoms with Crippen molar-refractivity contribution in [1.29, 1.82) is 0 Å². The molecule has 0 atom stereocenters. The molecule has 2 rings (SSSR count). The second kappa shape index (κ2) is 5.81. The van der Waals surface area contributed by atoms with E-state index in [1.807, 2.05) is 16.8 Å². The molecule has 4 nitrogen and oxygen atoms in total. The highest BCUT2D eigenvalue weighted by molar-refractivity contribution is 7.90. The smallest absolute Gasteiger partial charge is 0.149 e. The zero-order chi connectivity index (χ0) is 15.7. The van der Waals surface area contributed by atoms with Gasteiger partial charge < -0.3 is 9.88 Å². The van der Waals surface area contributed by atoms with Crippen LogP contribution in [0.1, 0.15) is 26.3 Å². The van der Waals surface area contributed by atoms with Gasteiger partial charge in [-0.05, 0) is 49.9 Å². The summed E-state index contributed by atoms with van der Waals surface area (Å²) in [5, 5.41) is 4.62. The Morgan fingerprint density at radius 3 is 2.52 bits per heavy atom. The van der Waals surface area contributed by atoms with E-state index >= 15 is 0 Å². The van der Waals surface area contributed by atoms with E-state index in [1.54, 1.807) is 0 Å². The zero-order valence-corrected chi connectivity index (χ0v) is 14.0. The zero-order valence-electron chi connectivity index (χ0n) is 13.2. The summed E-state index contributed by atoms with van der Waals surface area (Å²) in [5.74, 6) is 0.171. The molecule has 0 aliphatic rings. The predicted molar refractivity (Wildman–Crippen MR) is 88.2 cm³/mol. The van der Waals surface area contributed by atoms with Crippen LogP contribution in [0.3, 0.4) is 0 Å². The van der Waals surface area contributed by atoms with Gasteiger partial charge in [-0.3, -0.25) is 0 Å². The summed E-state index contributed by atoms with van der Waals surface area (Å²) < 4.78 is 24.5. The van der Waals surface area contributed by atoms with Crippen LogP contribution in [-0.4, -0.2) is 30.5 Å². The Morgan fingerprint density at radius 2 is 1.90 bits per heavy atom. The third-order valence-electron chi connectivity index (χ3n) is 3.36. The molecule has 5 heteroatoms. The minimum atomic E-state index is -2.93. The number of nitrogens with one attached hydrogen (secondary N) is 1. The van der Waals surface area contributed by atoms with Crippen LogP contribution in [0.15, 0.2) is 30.5 Å². The standard InChI is InChI=1S/C16H24N2O2S/c1-16(2,3)17-12-13-5-6-15-14(11-13)7-8-18(15)9-10-21(4,19)20/h5-8,11,17H,9-10,12H2,1-4H3. The van der Waals surface area contributed by atoms with E-state index in [4.69, 9.17) is 0 Å². The molecule has 116 valence electrons. The average Bonchev–Trinajstić information content (AvgIpc) is 2.74. The van der Waals surface area contributed by atoms with E-state index in [0.717, 1.165) is 17.4 Å². The van der Waals surface area contributed by atoms with Crippen molar-refractivity contribution >= 4 is 20.7 Å². The first kappa shape index (κ1) is 16.0. The van der Waals surface area contributed by atoms with Crippen molar-refractivity contribution in [3.8, 4) is 0 Å². The SMILES string of the molecule is CC(C)(C)NCc1ccc2c(ccn2CCS(C)(=O)=O)c1. The Labute approximate surface area is 127 Å². The largest absolute Gasteiger partial charge is 0.346 e. The molecule has 1 aromatic carbocycles. The lowest BCUT2D eigenvalue weighted by molar-refractivity contribution is 0.424. The molecule has 0 amide bonds. The van der Waals surface area contributed by atoms with Crippen molar-refractivity contribution in [2.75, 3.05) is 12.0 Å². The minimum Gasteiger partial charge on any atom is -0.346 e. The second-order valence-electron chi connectivity index (χ2n) is 6.64. The summed E-state index contributed by atoms with van der Waals surface area (Å²) in [4.78, 5) is 0. The fourth-order valence-electron chi connectivity index (χ4n) is 2.19. The van der Waals surface area contributed by atoms with Crippen LogP contribution in [0.4, 0.5) is 0 Å². The topological polar surface area (TPSA) is 51.1 Å². The molecule has 1 aromatic heterocycles. The van der Waals surface area contributed by atoms with Crippen molar-refractivity contribution in [2.45, 2.75) is 39.4 Å². The average molecular weight is 308 g/mol. The lowest BCUT2D eigenvalue weighted by Gasteiger charge is -2.20. The van der Waals surface area contributed by atoms with E-state index in [0.29, 0.717) is 6.54 Å². The number of hydrogen-bond donors (Lipinski definition) is 1. The van der Waals surface area contributed by atoms with Crippen LogP contribution >= 0.6 is 0 Å². The van der Waals surface area contributed by atoms with Crippen LogP contribution in [0.5, 0.6) is 0 Å². The number of nitrogens with zero attached hydrogens (tertiary/aromatic N) is 1. The normalized spacial score (nSPS) is 13.0. The van der Waals surface area contributed by atoms with Gasteiger partial charge in [-0.25, -0.2) is 8.42 Å². The summed E-state index contributed by atoms with van der Waals surface area (Å²) in [6, 6.07) is 8.36. The van der Waals surface area contributed by atoms with Gasteiger partial charge >= 0.3 is 0 Å². The Hall–Kier alpha value is -1.33. The number of aryl methyl sites for hydroxylation is 1. The van der Waals surface area contributed by atoms with E-state index in [2.05, 4.69) is 44.3 Å². The molecule has 21 heavy (non-hydrogen) atoms. The molecule has 0 aliphatic heterocycles. The molecule has 0 aliphatic carbocycles. The highest BCUT2D eigenvalue weighted by atomic mass is 32.2. The second-order valence-corrected chi connectivity index (χ2v) is 8.90. The number of benzene rings is 1. The Balaban J connectivity index is 2.15. The van der Waals surface area contributed by atoms with Gasteiger partial charge in [0.25, 0.3) is 0 Å². The summed E-state index contributed by atoms with van der Waals surface area (Å²) >= 11 is 0. The highest BCUT2D eigenvalue weighted by Gasteiger charge is 2.09. The van der Waals surface area contributed by atoms with Crippen molar-refractivity contribution < 1.29 is 8.42 Å². The Kier molecular flexibility index (Phi) is 4.44. The van der Waals surface area contributed by atoms with Crippen molar-refractivity contribution in [2.24, 2.45) is 0 Å². The number of rotatable bonds is 5. The van der Waals surface area contributed by atoms with Crippen LogP contribution < -0.4 is 5.32 Å². The molecular weight excluding hydrogens is 284 g/mol. The molecular formula is C16H24N2O2S. The van der Waals surface area contributed by atoms with E-state index in [-0.39, 0.29) is 11.3 Å². The van der Waals surface area contributed by atoms with Crippen molar-refractivity contribution in [3.05, 3.63) is 36.0 Å².